The minimum atomic E-state index is -0.639. The molecular weight excluding hydrogens is 195 g/mol. The van der Waals surface area contributed by atoms with Gasteiger partial charge in [-0.2, -0.15) is 0 Å². The summed E-state index contributed by atoms with van der Waals surface area (Å²) < 4.78 is 13.0. The molecular formula is C8H16BrF. The van der Waals surface area contributed by atoms with E-state index in [1.165, 1.54) is 0 Å². The Morgan fingerprint density at radius 3 is 2.20 bits per heavy atom. The van der Waals surface area contributed by atoms with E-state index in [1.54, 1.807) is 0 Å². The Morgan fingerprint density at radius 1 is 1.40 bits per heavy atom. The highest BCUT2D eigenvalue weighted by atomic mass is 79.9. The van der Waals surface area contributed by atoms with Crippen molar-refractivity contribution in [1.82, 2.24) is 0 Å². The molecule has 0 aliphatic rings. The molecule has 3 unspecified atom stereocenters. The highest BCUT2D eigenvalue weighted by Crippen LogP contribution is 2.21. The summed E-state index contributed by atoms with van der Waals surface area (Å²) in [6.45, 7) is 5.95. The molecule has 0 aromatic heterocycles. The summed E-state index contributed by atoms with van der Waals surface area (Å²) in [5.74, 6) is 0.139. The average Bonchev–Trinajstić information content (AvgIpc) is 1.87. The van der Waals surface area contributed by atoms with Gasteiger partial charge in [0.2, 0.25) is 0 Å². The van der Waals surface area contributed by atoms with Crippen LogP contribution in [0.2, 0.25) is 0 Å². The molecule has 0 nitrogen and oxygen atoms in total. The molecule has 0 radical (unpaired) electrons. The summed E-state index contributed by atoms with van der Waals surface area (Å²) in [5.41, 5.74) is 0. The fraction of sp³-hybridized carbons (Fsp3) is 1.00. The third-order valence-electron chi connectivity index (χ3n) is 1.86. The Labute approximate surface area is 71.3 Å². The zero-order chi connectivity index (χ0) is 8.15. The number of alkyl halides is 2. The van der Waals surface area contributed by atoms with Crippen LogP contribution in [0.3, 0.4) is 0 Å². The van der Waals surface area contributed by atoms with Crippen molar-refractivity contribution in [1.29, 1.82) is 0 Å². The minimum absolute atomic E-state index is 0.139. The monoisotopic (exact) mass is 210 g/mol. The van der Waals surface area contributed by atoms with Crippen molar-refractivity contribution in [2.24, 2.45) is 5.92 Å². The summed E-state index contributed by atoms with van der Waals surface area (Å²) in [4.78, 5) is 0.286. The summed E-state index contributed by atoms with van der Waals surface area (Å²) >= 11 is 3.37. The molecule has 0 fully saturated rings. The predicted molar refractivity (Wildman–Crippen MR) is 47.4 cm³/mol. The smallest absolute Gasteiger partial charge is 0.104 e. The molecule has 0 aromatic carbocycles. The van der Waals surface area contributed by atoms with Crippen LogP contribution < -0.4 is 0 Å². The topological polar surface area (TPSA) is 0 Å². The Bertz CT molecular complexity index is 83.3. The van der Waals surface area contributed by atoms with Crippen LogP contribution in [-0.4, -0.2) is 11.0 Å². The average molecular weight is 211 g/mol. The first kappa shape index (κ1) is 10.4. The largest absolute Gasteiger partial charge is 0.247 e. The van der Waals surface area contributed by atoms with E-state index in [-0.39, 0.29) is 10.7 Å². The molecule has 0 amide bonds. The van der Waals surface area contributed by atoms with Gasteiger partial charge in [0, 0.05) is 4.83 Å². The number of hydrogen-bond donors (Lipinski definition) is 0. The Kier molecular flexibility index (Phi) is 5.32. The normalized spacial score (nSPS) is 20.1. The van der Waals surface area contributed by atoms with Crippen LogP contribution in [-0.2, 0) is 0 Å². The fourth-order valence-corrected chi connectivity index (χ4v) is 1.16. The summed E-state index contributed by atoms with van der Waals surface area (Å²) in [6, 6.07) is 0. The number of halogens is 2. The van der Waals surface area contributed by atoms with Crippen molar-refractivity contribution in [3.63, 3.8) is 0 Å². The van der Waals surface area contributed by atoms with Gasteiger partial charge in [0.25, 0.3) is 0 Å². The van der Waals surface area contributed by atoms with E-state index in [9.17, 15) is 4.39 Å². The number of rotatable bonds is 4. The highest BCUT2D eigenvalue weighted by molar-refractivity contribution is 9.09. The van der Waals surface area contributed by atoms with Crippen LogP contribution in [0.4, 0.5) is 4.39 Å². The van der Waals surface area contributed by atoms with E-state index in [0.29, 0.717) is 6.42 Å². The van der Waals surface area contributed by atoms with Crippen LogP contribution >= 0.6 is 15.9 Å². The molecule has 0 rings (SSSR count). The van der Waals surface area contributed by atoms with Gasteiger partial charge in [0.15, 0.2) is 0 Å². The van der Waals surface area contributed by atoms with Gasteiger partial charge in [0.05, 0.1) is 0 Å². The standard InChI is InChI=1S/C8H16BrF/c1-4-5-8(10)6(2)7(3)9/h6-8H,4-5H2,1-3H3. The summed E-state index contributed by atoms with van der Waals surface area (Å²) in [7, 11) is 0. The Morgan fingerprint density at radius 2 is 1.90 bits per heavy atom. The van der Waals surface area contributed by atoms with Crippen LogP contribution in [0.25, 0.3) is 0 Å². The molecule has 10 heavy (non-hydrogen) atoms. The first-order valence-corrected chi connectivity index (χ1v) is 4.79. The van der Waals surface area contributed by atoms with Gasteiger partial charge in [0.1, 0.15) is 6.17 Å². The van der Waals surface area contributed by atoms with Crippen LogP contribution in [0.5, 0.6) is 0 Å². The lowest BCUT2D eigenvalue weighted by atomic mass is 10.00. The maximum atomic E-state index is 13.0. The molecule has 0 saturated carbocycles. The molecule has 0 spiro atoms. The molecule has 3 atom stereocenters. The lowest BCUT2D eigenvalue weighted by molar-refractivity contribution is 0.226. The minimum Gasteiger partial charge on any atom is -0.247 e. The first-order chi connectivity index (χ1) is 4.59. The maximum Gasteiger partial charge on any atom is 0.104 e. The third-order valence-corrected chi connectivity index (χ3v) is 2.69. The SMILES string of the molecule is CCCC(F)C(C)C(C)Br. The van der Waals surface area contributed by atoms with Crippen LogP contribution in [0.15, 0.2) is 0 Å². The second kappa shape index (κ2) is 5.11. The van der Waals surface area contributed by atoms with E-state index in [2.05, 4.69) is 15.9 Å². The van der Waals surface area contributed by atoms with Crippen molar-refractivity contribution >= 4 is 15.9 Å². The van der Waals surface area contributed by atoms with Gasteiger partial charge < -0.3 is 0 Å². The van der Waals surface area contributed by atoms with E-state index < -0.39 is 6.17 Å². The van der Waals surface area contributed by atoms with Crippen molar-refractivity contribution in [3.8, 4) is 0 Å². The molecule has 2 heteroatoms. The highest BCUT2D eigenvalue weighted by Gasteiger charge is 2.18. The zero-order valence-corrected chi connectivity index (χ0v) is 8.49. The van der Waals surface area contributed by atoms with Crippen LogP contribution in [0.1, 0.15) is 33.6 Å². The van der Waals surface area contributed by atoms with E-state index >= 15 is 0 Å². The van der Waals surface area contributed by atoms with Gasteiger partial charge >= 0.3 is 0 Å². The molecule has 0 aliphatic heterocycles. The van der Waals surface area contributed by atoms with E-state index in [1.807, 2.05) is 20.8 Å². The van der Waals surface area contributed by atoms with Gasteiger partial charge in [-0.3, -0.25) is 0 Å². The Balaban J connectivity index is 3.58. The summed E-state index contributed by atoms with van der Waals surface area (Å²) in [6.07, 6.45) is 0.988. The van der Waals surface area contributed by atoms with Gasteiger partial charge in [-0.25, -0.2) is 4.39 Å². The van der Waals surface area contributed by atoms with Crippen LogP contribution in [0, 0.1) is 5.92 Å². The second-order valence-corrected chi connectivity index (χ2v) is 4.29. The van der Waals surface area contributed by atoms with Gasteiger partial charge in [-0.1, -0.05) is 43.1 Å². The number of hydrogen-bond acceptors (Lipinski definition) is 0. The molecule has 0 aromatic rings. The fourth-order valence-electron chi connectivity index (χ4n) is 0.826. The molecule has 0 heterocycles. The summed E-state index contributed by atoms with van der Waals surface area (Å²) in [5, 5.41) is 0. The molecule has 0 bridgehead atoms. The maximum absolute atomic E-state index is 13.0. The van der Waals surface area contributed by atoms with Gasteiger partial charge in [-0.15, -0.1) is 0 Å². The van der Waals surface area contributed by atoms with Crippen molar-refractivity contribution in [2.45, 2.75) is 44.6 Å². The van der Waals surface area contributed by atoms with Crippen molar-refractivity contribution in [3.05, 3.63) is 0 Å². The lowest BCUT2D eigenvalue weighted by Gasteiger charge is -2.17. The quantitative estimate of drug-likeness (QED) is 0.624. The Hall–Kier alpha value is 0.410. The molecule has 0 aliphatic carbocycles. The predicted octanol–water partition coefficient (Wildman–Crippen LogP) is 3.54. The molecule has 0 N–H and O–H groups in total. The first-order valence-electron chi connectivity index (χ1n) is 3.87. The third kappa shape index (κ3) is 3.55. The zero-order valence-electron chi connectivity index (χ0n) is 6.90. The lowest BCUT2D eigenvalue weighted by Crippen LogP contribution is -2.19. The van der Waals surface area contributed by atoms with E-state index in [0.717, 1.165) is 6.42 Å². The van der Waals surface area contributed by atoms with Crippen molar-refractivity contribution in [2.75, 3.05) is 0 Å². The second-order valence-electron chi connectivity index (χ2n) is 2.84. The molecule has 62 valence electrons. The van der Waals surface area contributed by atoms with E-state index in [4.69, 9.17) is 0 Å². The molecule has 0 saturated heterocycles. The van der Waals surface area contributed by atoms with Crippen molar-refractivity contribution < 1.29 is 4.39 Å². The van der Waals surface area contributed by atoms with Gasteiger partial charge in [-0.05, 0) is 12.3 Å².